The van der Waals surface area contributed by atoms with Crippen molar-refractivity contribution in [1.29, 1.82) is 0 Å². The number of tetrazole rings is 1. The van der Waals surface area contributed by atoms with E-state index < -0.39 is 4.92 Å². The highest BCUT2D eigenvalue weighted by Gasteiger charge is 2.12. The summed E-state index contributed by atoms with van der Waals surface area (Å²) in [5.74, 6) is 0.474. The lowest BCUT2D eigenvalue weighted by molar-refractivity contribution is -0.384. The van der Waals surface area contributed by atoms with Crippen LogP contribution in [0.5, 0.6) is 0 Å². The lowest BCUT2D eigenvalue weighted by atomic mass is 10.1. The number of rotatable bonds is 6. The van der Waals surface area contributed by atoms with Crippen molar-refractivity contribution in [2.45, 2.75) is 19.9 Å². The van der Waals surface area contributed by atoms with E-state index in [9.17, 15) is 10.1 Å². The molecule has 9 nitrogen and oxygen atoms in total. The van der Waals surface area contributed by atoms with Crippen LogP contribution in [0.2, 0.25) is 0 Å². The van der Waals surface area contributed by atoms with Gasteiger partial charge in [0.25, 0.3) is 5.69 Å². The third-order valence-electron chi connectivity index (χ3n) is 4.38. The normalized spacial score (nSPS) is 10.9. The van der Waals surface area contributed by atoms with Crippen molar-refractivity contribution in [3.05, 3.63) is 82.2 Å². The van der Waals surface area contributed by atoms with Crippen LogP contribution < -0.4 is 0 Å². The van der Waals surface area contributed by atoms with E-state index in [1.54, 1.807) is 18.3 Å². The van der Waals surface area contributed by atoms with Crippen LogP contribution in [0.3, 0.4) is 0 Å². The Bertz CT molecular complexity index is 1120. The molecule has 0 bridgehead atoms. The van der Waals surface area contributed by atoms with Crippen LogP contribution in [0.1, 0.15) is 18.1 Å². The molecule has 140 valence electrons. The summed E-state index contributed by atoms with van der Waals surface area (Å²) in [7, 11) is 0. The van der Waals surface area contributed by atoms with Gasteiger partial charge in [0.2, 0.25) is 5.82 Å². The first kappa shape index (κ1) is 17.5. The molecule has 0 fully saturated rings. The maximum atomic E-state index is 10.7. The minimum atomic E-state index is -0.427. The van der Waals surface area contributed by atoms with Crippen molar-refractivity contribution in [3.8, 4) is 17.1 Å². The van der Waals surface area contributed by atoms with Gasteiger partial charge in [0.1, 0.15) is 0 Å². The van der Waals surface area contributed by atoms with E-state index in [4.69, 9.17) is 0 Å². The molecule has 0 atom stereocenters. The molecular weight excluding hydrogens is 358 g/mol. The van der Waals surface area contributed by atoms with Gasteiger partial charge in [-0.1, -0.05) is 37.3 Å². The molecule has 0 aliphatic rings. The summed E-state index contributed by atoms with van der Waals surface area (Å²) in [6.07, 6.45) is 4.50. The Morgan fingerprint density at radius 1 is 1.11 bits per heavy atom. The smallest absolute Gasteiger partial charge is 0.258 e. The molecule has 0 N–H and O–H groups in total. The lowest BCUT2D eigenvalue weighted by Crippen LogP contribution is -2.04. The zero-order valence-electron chi connectivity index (χ0n) is 15.1. The van der Waals surface area contributed by atoms with Crippen molar-refractivity contribution in [2.24, 2.45) is 0 Å². The number of nitro groups is 1. The van der Waals surface area contributed by atoms with Crippen molar-refractivity contribution in [2.75, 3.05) is 0 Å². The average Bonchev–Trinajstić information content (AvgIpc) is 3.38. The molecule has 4 aromatic rings. The predicted molar refractivity (Wildman–Crippen MR) is 102 cm³/mol. The summed E-state index contributed by atoms with van der Waals surface area (Å²) in [5, 5.41) is 27.7. The molecule has 0 spiro atoms. The molecule has 0 saturated heterocycles. The molecular formula is C19H17N7O2. The first-order valence-corrected chi connectivity index (χ1v) is 8.78. The molecule has 2 heterocycles. The van der Waals surface area contributed by atoms with E-state index in [0.29, 0.717) is 12.4 Å². The second kappa shape index (κ2) is 7.39. The second-order valence-electron chi connectivity index (χ2n) is 6.22. The minimum Gasteiger partial charge on any atom is -0.258 e. The number of para-hydroxylation sites is 1. The maximum Gasteiger partial charge on any atom is 0.269 e. The number of benzene rings is 2. The Hall–Kier alpha value is -3.88. The fourth-order valence-electron chi connectivity index (χ4n) is 2.92. The Morgan fingerprint density at radius 3 is 2.64 bits per heavy atom. The molecule has 0 aliphatic heterocycles. The Labute approximate surface area is 160 Å². The molecule has 0 aliphatic carbocycles. The zero-order valence-corrected chi connectivity index (χ0v) is 15.1. The summed E-state index contributed by atoms with van der Waals surface area (Å²) in [5.41, 5.74) is 3.89. The second-order valence-corrected chi connectivity index (χ2v) is 6.22. The number of hydrogen-bond donors (Lipinski definition) is 0. The number of nitrogens with zero attached hydrogens (tertiary/aromatic N) is 7. The Kier molecular flexibility index (Phi) is 4.63. The van der Waals surface area contributed by atoms with Crippen LogP contribution in [0.15, 0.2) is 60.9 Å². The van der Waals surface area contributed by atoms with E-state index in [1.165, 1.54) is 22.5 Å². The Balaban J connectivity index is 1.53. The largest absolute Gasteiger partial charge is 0.269 e. The van der Waals surface area contributed by atoms with Gasteiger partial charge in [0.15, 0.2) is 0 Å². The molecule has 2 aromatic carbocycles. The highest BCUT2D eigenvalue weighted by Crippen LogP contribution is 2.19. The number of aryl methyl sites for hydroxylation is 1. The van der Waals surface area contributed by atoms with Gasteiger partial charge in [0, 0.05) is 18.3 Å². The minimum absolute atomic E-state index is 0.0516. The van der Waals surface area contributed by atoms with Crippen LogP contribution in [0.4, 0.5) is 5.69 Å². The fourth-order valence-corrected chi connectivity index (χ4v) is 2.92. The quantitative estimate of drug-likeness (QED) is 0.379. The fraction of sp³-hybridized carbons (Fsp3) is 0.158. The SMILES string of the molecule is CCc1ccccc1-n1cc(-c2nnn(Cc3ccc([N+](=O)[O-])cc3)n2)cn1. The molecule has 0 unspecified atom stereocenters. The van der Waals surface area contributed by atoms with Crippen LogP contribution in [0, 0.1) is 10.1 Å². The third-order valence-corrected chi connectivity index (χ3v) is 4.38. The predicted octanol–water partition coefficient (Wildman–Crippen LogP) is 3.04. The lowest BCUT2D eigenvalue weighted by Gasteiger charge is -2.06. The van der Waals surface area contributed by atoms with Gasteiger partial charge < -0.3 is 0 Å². The molecule has 4 rings (SSSR count). The summed E-state index contributed by atoms with van der Waals surface area (Å²) in [4.78, 5) is 11.8. The van der Waals surface area contributed by atoms with Gasteiger partial charge >= 0.3 is 0 Å². The van der Waals surface area contributed by atoms with Crippen LogP contribution in [-0.2, 0) is 13.0 Å². The van der Waals surface area contributed by atoms with E-state index in [-0.39, 0.29) is 5.69 Å². The number of nitro benzene ring substituents is 1. The highest BCUT2D eigenvalue weighted by atomic mass is 16.6. The van der Waals surface area contributed by atoms with Gasteiger partial charge in [-0.2, -0.15) is 9.90 Å². The van der Waals surface area contributed by atoms with Crippen LogP contribution in [-0.4, -0.2) is 34.9 Å². The first-order valence-electron chi connectivity index (χ1n) is 8.78. The summed E-state index contributed by atoms with van der Waals surface area (Å²) < 4.78 is 1.81. The molecule has 0 amide bonds. The molecule has 2 aromatic heterocycles. The van der Waals surface area contributed by atoms with Gasteiger partial charge in [0.05, 0.1) is 28.9 Å². The summed E-state index contributed by atoms with van der Waals surface area (Å²) in [6.45, 7) is 2.48. The van der Waals surface area contributed by atoms with Gasteiger partial charge in [-0.25, -0.2) is 4.68 Å². The van der Waals surface area contributed by atoms with Gasteiger partial charge in [-0.15, -0.1) is 10.2 Å². The van der Waals surface area contributed by atoms with Crippen molar-refractivity contribution in [1.82, 2.24) is 30.0 Å². The third kappa shape index (κ3) is 3.50. The molecule has 9 heteroatoms. The number of aromatic nitrogens is 6. The highest BCUT2D eigenvalue weighted by molar-refractivity contribution is 5.53. The molecule has 28 heavy (non-hydrogen) atoms. The molecule has 0 radical (unpaired) electrons. The van der Waals surface area contributed by atoms with Crippen LogP contribution >= 0.6 is 0 Å². The van der Waals surface area contributed by atoms with E-state index in [2.05, 4.69) is 33.5 Å². The van der Waals surface area contributed by atoms with Crippen molar-refractivity contribution in [3.63, 3.8) is 0 Å². The summed E-state index contributed by atoms with van der Waals surface area (Å²) in [6, 6.07) is 14.4. The number of hydrogen-bond acceptors (Lipinski definition) is 6. The number of non-ortho nitro benzene ring substituents is 1. The topological polar surface area (TPSA) is 105 Å². The maximum absolute atomic E-state index is 10.7. The van der Waals surface area contributed by atoms with Gasteiger partial charge in [-0.05, 0) is 28.8 Å². The van der Waals surface area contributed by atoms with Crippen LogP contribution in [0.25, 0.3) is 17.1 Å². The zero-order chi connectivity index (χ0) is 19.5. The average molecular weight is 375 g/mol. The monoisotopic (exact) mass is 375 g/mol. The van der Waals surface area contributed by atoms with Crippen molar-refractivity contribution >= 4 is 5.69 Å². The van der Waals surface area contributed by atoms with E-state index in [0.717, 1.165) is 23.2 Å². The summed E-state index contributed by atoms with van der Waals surface area (Å²) >= 11 is 0. The van der Waals surface area contributed by atoms with Gasteiger partial charge in [-0.3, -0.25) is 10.1 Å². The molecule has 0 saturated carbocycles. The van der Waals surface area contributed by atoms with Crippen molar-refractivity contribution < 1.29 is 4.92 Å². The standard InChI is InChI=1S/C19H17N7O2/c1-2-15-5-3-4-6-18(15)24-13-16(11-20-24)19-21-23-25(22-19)12-14-7-9-17(10-8-14)26(27)28/h3-11,13H,2,12H2,1H3. The first-order chi connectivity index (χ1) is 13.6. The van der Waals surface area contributed by atoms with E-state index >= 15 is 0 Å². The van der Waals surface area contributed by atoms with E-state index in [1.807, 2.05) is 29.1 Å². The Morgan fingerprint density at radius 2 is 1.89 bits per heavy atom.